The fraction of sp³-hybridized carbons (Fsp3) is 0.533. The van der Waals surface area contributed by atoms with Crippen molar-refractivity contribution in [3.63, 3.8) is 0 Å². The quantitative estimate of drug-likeness (QED) is 0.634. The molecule has 4 atom stereocenters. The molecule has 1 fully saturated rings. The van der Waals surface area contributed by atoms with Crippen LogP contribution in [0.2, 0.25) is 5.82 Å². The van der Waals surface area contributed by atoms with Crippen LogP contribution in [0.5, 0.6) is 0 Å². The van der Waals surface area contributed by atoms with E-state index in [4.69, 9.17) is 14.4 Å². The zero-order valence-electron chi connectivity index (χ0n) is 10.5. The number of aryl methyl sites for hydroxylation is 1. The number of hydrogen-bond donors (Lipinski definition) is 1. The molecular formula is C15H18BNO. The van der Waals surface area contributed by atoms with Gasteiger partial charge in [0.25, 0.3) is 0 Å². The van der Waals surface area contributed by atoms with Gasteiger partial charge in [0, 0.05) is 12.3 Å². The summed E-state index contributed by atoms with van der Waals surface area (Å²) >= 11 is 0. The summed E-state index contributed by atoms with van der Waals surface area (Å²) in [4.78, 5) is 3.61. The number of aliphatic hydroxyl groups is 1. The number of benzene rings is 1. The number of aliphatic hydroxyl groups excluding tert-OH is 1. The monoisotopic (exact) mass is 239 g/mol. The average Bonchev–Trinajstić information content (AvgIpc) is 2.67. The molecule has 0 saturated heterocycles. The van der Waals surface area contributed by atoms with Crippen LogP contribution in [0, 0.1) is 12.5 Å². The molecule has 0 aromatic heterocycles. The van der Waals surface area contributed by atoms with E-state index in [0.717, 1.165) is 19.3 Å². The topological polar surface area (TPSA) is 24.6 Å². The van der Waals surface area contributed by atoms with Crippen LogP contribution in [0.3, 0.4) is 0 Å². The Kier molecular flexibility index (Phi) is 4.44. The lowest BCUT2D eigenvalue weighted by Gasteiger charge is -2.16. The Hall–Kier alpha value is -1.27. The van der Waals surface area contributed by atoms with Gasteiger partial charge in [0.05, 0.1) is 14.0 Å². The van der Waals surface area contributed by atoms with Crippen molar-refractivity contribution < 1.29 is 5.11 Å². The van der Waals surface area contributed by atoms with E-state index in [1.165, 1.54) is 5.56 Å². The molecule has 1 aromatic carbocycles. The summed E-state index contributed by atoms with van der Waals surface area (Å²) in [7, 11) is 5.97. The number of nitrogens with zero attached hydrogens (tertiary/aromatic N) is 1. The minimum Gasteiger partial charge on any atom is -0.393 e. The molecule has 92 valence electrons. The van der Waals surface area contributed by atoms with Crippen molar-refractivity contribution in [2.45, 2.75) is 43.6 Å². The van der Waals surface area contributed by atoms with Gasteiger partial charge in [0.1, 0.15) is 0 Å². The van der Waals surface area contributed by atoms with Crippen LogP contribution in [-0.2, 0) is 6.42 Å². The smallest absolute Gasteiger partial charge is 0.228 e. The van der Waals surface area contributed by atoms with E-state index in [1.54, 1.807) is 0 Å². The Morgan fingerprint density at radius 3 is 2.72 bits per heavy atom. The Morgan fingerprint density at radius 1 is 1.33 bits per heavy atom. The number of rotatable bonds is 4. The van der Waals surface area contributed by atoms with Crippen LogP contribution in [-0.4, -0.2) is 25.1 Å². The molecule has 0 amide bonds. The van der Waals surface area contributed by atoms with Crippen LogP contribution in [0.25, 0.3) is 4.85 Å². The molecule has 2 radical (unpaired) electrons. The SMILES string of the molecule is [B]C1C(O)CC([N+]#[C-])C1CCCc1ccccc1. The van der Waals surface area contributed by atoms with E-state index in [2.05, 4.69) is 17.0 Å². The molecule has 0 heterocycles. The maximum Gasteiger partial charge on any atom is 0.228 e. The highest BCUT2D eigenvalue weighted by Gasteiger charge is 2.42. The van der Waals surface area contributed by atoms with Crippen molar-refractivity contribution in [1.82, 2.24) is 0 Å². The molecule has 4 unspecified atom stereocenters. The molecule has 18 heavy (non-hydrogen) atoms. The summed E-state index contributed by atoms with van der Waals surface area (Å²) in [5, 5.41) is 9.72. The predicted octanol–water partition coefficient (Wildman–Crippen LogP) is 2.63. The van der Waals surface area contributed by atoms with Gasteiger partial charge in [-0.3, -0.25) is 0 Å². The lowest BCUT2D eigenvalue weighted by molar-refractivity contribution is 0.177. The zero-order chi connectivity index (χ0) is 13.0. The van der Waals surface area contributed by atoms with Gasteiger partial charge < -0.3 is 9.95 Å². The van der Waals surface area contributed by atoms with E-state index in [0.29, 0.717) is 6.42 Å². The second kappa shape index (κ2) is 6.06. The number of hydrogen-bond acceptors (Lipinski definition) is 1. The molecule has 3 heteroatoms. The summed E-state index contributed by atoms with van der Waals surface area (Å²) in [6, 6.07) is 10.3. The van der Waals surface area contributed by atoms with Gasteiger partial charge >= 0.3 is 0 Å². The van der Waals surface area contributed by atoms with Crippen molar-refractivity contribution in [2.75, 3.05) is 0 Å². The third kappa shape index (κ3) is 2.94. The molecule has 1 aliphatic rings. The molecule has 1 aromatic rings. The lowest BCUT2D eigenvalue weighted by Crippen LogP contribution is -2.16. The van der Waals surface area contributed by atoms with Gasteiger partial charge in [0.15, 0.2) is 0 Å². The van der Waals surface area contributed by atoms with Crippen molar-refractivity contribution in [3.05, 3.63) is 47.3 Å². The summed E-state index contributed by atoms with van der Waals surface area (Å²) < 4.78 is 0. The van der Waals surface area contributed by atoms with Crippen LogP contribution in [0.15, 0.2) is 30.3 Å². The Bertz CT molecular complexity index is 414. The molecular weight excluding hydrogens is 221 g/mol. The zero-order valence-corrected chi connectivity index (χ0v) is 10.5. The van der Waals surface area contributed by atoms with Crippen LogP contribution >= 0.6 is 0 Å². The fourth-order valence-corrected chi connectivity index (χ4v) is 2.84. The minimum absolute atomic E-state index is 0.0919. The molecule has 0 bridgehead atoms. The van der Waals surface area contributed by atoms with Crippen molar-refractivity contribution in [2.24, 2.45) is 5.92 Å². The van der Waals surface area contributed by atoms with Crippen LogP contribution in [0.4, 0.5) is 0 Å². The van der Waals surface area contributed by atoms with Gasteiger partial charge in [-0.05, 0) is 30.6 Å². The van der Waals surface area contributed by atoms with Gasteiger partial charge in [-0.1, -0.05) is 30.3 Å². The molecule has 0 spiro atoms. The molecule has 2 nitrogen and oxygen atoms in total. The first kappa shape index (κ1) is 13.2. The highest BCUT2D eigenvalue weighted by atomic mass is 16.3. The lowest BCUT2D eigenvalue weighted by atomic mass is 9.74. The molecule has 1 aliphatic carbocycles. The second-order valence-corrected chi connectivity index (χ2v) is 5.12. The molecule has 1 N–H and O–H groups in total. The molecule has 2 rings (SSSR count). The normalized spacial score (nSPS) is 31.1. The highest BCUT2D eigenvalue weighted by Crippen LogP contribution is 2.39. The van der Waals surface area contributed by atoms with Gasteiger partial charge in [0.2, 0.25) is 6.04 Å². The van der Waals surface area contributed by atoms with Crippen molar-refractivity contribution in [1.29, 1.82) is 0 Å². The van der Waals surface area contributed by atoms with E-state index in [9.17, 15) is 5.11 Å². The Labute approximate surface area is 110 Å². The summed E-state index contributed by atoms with van der Waals surface area (Å²) in [5.41, 5.74) is 1.32. The summed E-state index contributed by atoms with van der Waals surface area (Å²) in [6.07, 6.45) is 3.03. The van der Waals surface area contributed by atoms with E-state index in [-0.39, 0.29) is 17.8 Å². The van der Waals surface area contributed by atoms with Gasteiger partial charge in [-0.25, -0.2) is 6.57 Å². The first-order valence-corrected chi connectivity index (χ1v) is 6.56. The summed E-state index contributed by atoms with van der Waals surface area (Å²) in [5.74, 6) is -0.0684. The van der Waals surface area contributed by atoms with Crippen LogP contribution < -0.4 is 0 Å². The van der Waals surface area contributed by atoms with E-state index < -0.39 is 6.10 Å². The van der Waals surface area contributed by atoms with E-state index >= 15 is 0 Å². The predicted molar refractivity (Wildman–Crippen MR) is 73.4 cm³/mol. The largest absolute Gasteiger partial charge is 0.393 e. The molecule has 0 aliphatic heterocycles. The van der Waals surface area contributed by atoms with Gasteiger partial charge in [-0.15, -0.1) is 0 Å². The third-order valence-corrected chi connectivity index (χ3v) is 3.93. The third-order valence-electron chi connectivity index (χ3n) is 3.93. The average molecular weight is 239 g/mol. The molecule has 1 saturated carbocycles. The second-order valence-electron chi connectivity index (χ2n) is 5.12. The first-order chi connectivity index (χ1) is 8.72. The fourth-order valence-electron chi connectivity index (χ4n) is 2.84. The van der Waals surface area contributed by atoms with Gasteiger partial charge in [-0.2, -0.15) is 0 Å². The summed E-state index contributed by atoms with van der Waals surface area (Å²) in [6.45, 7) is 7.17. The van der Waals surface area contributed by atoms with Crippen LogP contribution in [0.1, 0.15) is 24.8 Å². The standard InChI is InChI=1S/C15H18BNO/c1-17-13-10-14(18)15(16)12(13)9-5-8-11-6-3-2-4-7-11/h2-4,6-7,12-15,18H,5,8-10H2. The van der Waals surface area contributed by atoms with Crippen molar-refractivity contribution in [3.8, 4) is 0 Å². The Morgan fingerprint density at radius 2 is 2.06 bits per heavy atom. The minimum atomic E-state index is -0.495. The first-order valence-electron chi connectivity index (χ1n) is 6.56. The van der Waals surface area contributed by atoms with E-state index in [1.807, 2.05) is 18.2 Å². The highest BCUT2D eigenvalue weighted by molar-refractivity contribution is 6.12. The maximum absolute atomic E-state index is 9.72. The van der Waals surface area contributed by atoms with Crippen molar-refractivity contribution >= 4 is 7.85 Å². The maximum atomic E-state index is 9.72. The Balaban J connectivity index is 1.84.